The minimum Gasteiger partial charge on any atom is -0.285 e. The maximum absolute atomic E-state index is 12.2. The van der Waals surface area contributed by atoms with Crippen LogP contribution in [0.4, 0.5) is 0 Å². The van der Waals surface area contributed by atoms with Crippen molar-refractivity contribution in [2.24, 2.45) is 10.2 Å². The second-order valence-electron chi connectivity index (χ2n) is 6.18. The maximum Gasteiger partial charge on any atom is 0.239 e. The van der Waals surface area contributed by atoms with Crippen LogP contribution >= 0.6 is 11.8 Å². The van der Waals surface area contributed by atoms with E-state index in [0.29, 0.717) is 17.5 Å². The lowest BCUT2D eigenvalue weighted by Gasteiger charge is -2.16. The Morgan fingerprint density at radius 2 is 1.92 bits per heavy atom. The van der Waals surface area contributed by atoms with Crippen LogP contribution < -0.4 is 0 Å². The summed E-state index contributed by atoms with van der Waals surface area (Å²) >= 11 is 1.44. The largest absolute Gasteiger partial charge is 0.285 e. The molecule has 2 aromatic rings. The Bertz CT molecular complexity index is 858. The Morgan fingerprint density at radius 3 is 2.68 bits per heavy atom. The van der Waals surface area contributed by atoms with Gasteiger partial charge in [0.15, 0.2) is 5.17 Å². The molecule has 0 radical (unpaired) electrons. The van der Waals surface area contributed by atoms with Crippen LogP contribution in [0.15, 0.2) is 52.7 Å². The standard InChI is InChI=1S/C20H21N3OS/c1-14-8-9-17(16(3)10-14)11-21-22-20-23(19(24)13-25-20)12-18-7-5-4-6-15(18)2/h4-11H,12-13H2,1-3H3/b21-11-,22-20+. The fourth-order valence-corrected chi connectivity index (χ4v) is 3.53. The highest BCUT2D eigenvalue weighted by Gasteiger charge is 2.28. The van der Waals surface area contributed by atoms with Gasteiger partial charge in [-0.2, -0.15) is 5.10 Å². The Kier molecular flexibility index (Phi) is 5.34. The van der Waals surface area contributed by atoms with Gasteiger partial charge in [0.1, 0.15) is 0 Å². The lowest BCUT2D eigenvalue weighted by atomic mass is 10.1. The van der Waals surface area contributed by atoms with E-state index >= 15 is 0 Å². The number of nitrogens with zero attached hydrogens (tertiary/aromatic N) is 3. The molecule has 0 spiro atoms. The second-order valence-corrected chi connectivity index (χ2v) is 7.12. The molecule has 1 aliphatic heterocycles. The van der Waals surface area contributed by atoms with Gasteiger partial charge < -0.3 is 0 Å². The van der Waals surface area contributed by atoms with Gasteiger partial charge in [0.25, 0.3) is 0 Å². The summed E-state index contributed by atoms with van der Waals surface area (Å²) in [6, 6.07) is 14.3. The number of amides is 1. The van der Waals surface area contributed by atoms with E-state index < -0.39 is 0 Å². The van der Waals surface area contributed by atoms with Crippen molar-refractivity contribution in [1.29, 1.82) is 0 Å². The van der Waals surface area contributed by atoms with E-state index in [4.69, 9.17) is 0 Å². The van der Waals surface area contributed by atoms with E-state index in [1.165, 1.54) is 22.9 Å². The topological polar surface area (TPSA) is 45.0 Å². The molecule has 0 N–H and O–H groups in total. The van der Waals surface area contributed by atoms with Crippen molar-refractivity contribution in [1.82, 2.24) is 4.90 Å². The average Bonchev–Trinajstić information content (AvgIpc) is 2.92. The third kappa shape index (κ3) is 4.17. The summed E-state index contributed by atoms with van der Waals surface area (Å²) in [7, 11) is 0. The Hall–Kier alpha value is -2.40. The summed E-state index contributed by atoms with van der Waals surface area (Å²) in [5.41, 5.74) is 5.72. The van der Waals surface area contributed by atoms with Crippen LogP contribution in [0.5, 0.6) is 0 Å². The monoisotopic (exact) mass is 351 g/mol. The van der Waals surface area contributed by atoms with Crippen molar-refractivity contribution in [3.05, 3.63) is 70.3 Å². The molecule has 1 aliphatic rings. The lowest BCUT2D eigenvalue weighted by Crippen LogP contribution is -2.29. The van der Waals surface area contributed by atoms with E-state index in [-0.39, 0.29) is 5.91 Å². The molecule has 3 rings (SSSR count). The molecule has 128 valence electrons. The minimum atomic E-state index is 0.0775. The van der Waals surface area contributed by atoms with E-state index in [0.717, 1.165) is 16.7 Å². The summed E-state index contributed by atoms with van der Waals surface area (Å²) in [5.74, 6) is 0.498. The zero-order chi connectivity index (χ0) is 17.8. The van der Waals surface area contributed by atoms with Gasteiger partial charge in [-0.3, -0.25) is 9.69 Å². The van der Waals surface area contributed by atoms with Crippen LogP contribution in [-0.2, 0) is 11.3 Å². The predicted molar refractivity (Wildman–Crippen MR) is 105 cm³/mol. The van der Waals surface area contributed by atoms with Crippen molar-refractivity contribution in [3.63, 3.8) is 0 Å². The number of hydrogen-bond donors (Lipinski definition) is 0. The fraction of sp³-hybridized carbons (Fsp3) is 0.250. The van der Waals surface area contributed by atoms with Crippen LogP contribution in [0, 0.1) is 20.8 Å². The van der Waals surface area contributed by atoms with Gasteiger partial charge in [0.2, 0.25) is 5.91 Å². The van der Waals surface area contributed by atoms with Gasteiger partial charge >= 0.3 is 0 Å². The van der Waals surface area contributed by atoms with Gasteiger partial charge in [-0.05, 0) is 43.0 Å². The van der Waals surface area contributed by atoms with Gasteiger partial charge in [-0.15, -0.1) is 5.10 Å². The number of hydrogen-bond acceptors (Lipinski definition) is 4. The van der Waals surface area contributed by atoms with Crippen LogP contribution in [0.25, 0.3) is 0 Å². The number of rotatable bonds is 4. The molecule has 4 nitrogen and oxygen atoms in total. The molecule has 0 bridgehead atoms. The third-order valence-electron chi connectivity index (χ3n) is 4.21. The average molecular weight is 351 g/mol. The van der Waals surface area contributed by atoms with Crippen molar-refractivity contribution < 1.29 is 4.79 Å². The maximum atomic E-state index is 12.2. The van der Waals surface area contributed by atoms with E-state index in [2.05, 4.69) is 49.2 Å². The first kappa shape index (κ1) is 17.4. The first-order chi connectivity index (χ1) is 12.0. The summed E-state index contributed by atoms with van der Waals surface area (Å²) in [5, 5.41) is 9.17. The normalized spacial score (nSPS) is 16.4. The minimum absolute atomic E-state index is 0.0775. The quantitative estimate of drug-likeness (QED) is 0.615. The molecule has 2 aromatic carbocycles. The Balaban J connectivity index is 1.78. The van der Waals surface area contributed by atoms with E-state index in [1.54, 1.807) is 11.1 Å². The molecule has 1 fully saturated rings. The van der Waals surface area contributed by atoms with Crippen molar-refractivity contribution in [2.75, 3.05) is 5.75 Å². The third-order valence-corrected chi connectivity index (χ3v) is 5.16. The highest BCUT2D eigenvalue weighted by molar-refractivity contribution is 8.15. The van der Waals surface area contributed by atoms with Crippen LogP contribution in [0.1, 0.15) is 27.8 Å². The van der Waals surface area contributed by atoms with Gasteiger partial charge in [0, 0.05) is 0 Å². The zero-order valence-corrected chi connectivity index (χ0v) is 15.5. The van der Waals surface area contributed by atoms with Crippen LogP contribution in [-0.4, -0.2) is 27.9 Å². The second kappa shape index (κ2) is 7.66. The SMILES string of the molecule is Cc1ccc(/C=N\N=C2\SCC(=O)N2Cc2ccccc2C)c(C)c1. The van der Waals surface area contributed by atoms with Crippen molar-refractivity contribution in [3.8, 4) is 0 Å². The highest BCUT2D eigenvalue weighted by atomic mass is 32.2. The molecule has 0 aliphatic carbocycles. The lowest BCUT2D eigenvalue weighted by molar-refractivity contribution is -0.124. The molecule has 1 heterocycles. The number of amidine groups is 1. The molecule has 0 saturated carbocycles. The van der Waals surface area contributed by atoms with E-state index in [1.807, 2.05) is 24.3 Å². The molecule has 0 atom stereocenters. The van der Waals surface area contributed by atoms with Crippen molar-refractivity contribution in [2.45, 2.75) is 27.3 Å². The smallest absolute Gasteiger partial charge is 0.239 e. The molecule has 5 heteroatoms. The van der Waals surface area contributed by atoms with E-state index in [9.17, 15) is 4.79 Å². The summed E-state index contributed by atoms with van der Waals surface area (Å²) in [4.78, 5) is 13.9. The molecule has 0 aromatic heterocycles. The summed E-state index contributed by atoms with van der Waals surface area (Å²) in [6.07, 6.45) is 1.75. The van der Waals surface area contributed by atoms with Gasteiger partial charge in [0.05, 0.1) is 18.5 Å². The molecule has 1 amide bonds. The fourth-order valence-electron chi connectivity index (χ4n) is 2.70. The highest BCUT2D eigenvalue weighted by Crippen LogP contribution is 2.23. The molecular formula is C20H21N3OS. The zero-order valence-electron chi connectivity index (χ0n) is 14.7. The first-order valence-electron chi connectivity index (χ1n) is 8.20. The van der Waals surface area contributed by atoms with Crippen LogP contribution in [0.2, 0.25) is 0 Å². The van der Waals surface area contributed by atoms with Crippen LogP contribution in [0.3, 0.4) is 0 Å². The number of carbonyl (C=O) groups is 1. The van der Waals surface area contributed by atoms with Gasteiger partial charge in [-0.25, -0.2) is 0 Å². The molecule has 1 saturated heterocycles. The number of aryl methyl sites for hydroxylation is 3. The Labute approximate surface area is 152 Å². The molecule has 0 unspecified atom stereocenters. The first-order valence-corrected chi connectivity index (χ1v) is 9.19. The number of carbonyl (C=O) groups excluding carboxylic acids is 1. The molecular weight excluding hydrogens is 330 g/mol. The number of benzene rings is 2. The Morgan fingerprint density at radius 1 is 1.12 bits per heavy atom. The predicted octanol–water partition coefficient (Wildman–Crippen LogP) is 4.08. The molecule has 25 heavy (non-hydrogen) atoms. The van der Waals surface area contributed by atoms with Crippen molar-refractivity contribution >= 4 is 29.1 Å². The summed E-state index contributed by atoms with van der Waals surface area (Å²) < 4.78 is 0. The number of thioether (sulfide) groups is 1. The summed E-state index contributed by atoms with van der Waals surface area (Å²) in [6.45, 7) is 6.72. The van der Waals surface area contributed by atoms with Gasteiger partial charge in [-0.1, -0.05) is 59.8 Å².